The van der Waals surface area contributed by atoms with Crippen LogP contribution in [-0.4, -0.2) is 32.0 Å². The summed E-state index contributed by atoms with van der Waals surface area (Å²) < 4.78 is 0. The van der Waals surface area contributed by atoms with E-state index in [0.29, 0.717) is 11.1 Å². The summed E-state index contributed by atoms with van der Waals surface area (Å²) in [6, 6.07) is 14.8. The first-order valence-electron chi connectivity index (χ1n) is 10.0. The minimum Gasteiger partial charge on any atom is -0.378 e. The molecule has 5 heteroatoms. The van der Waals surface area contributed by atoms with Crippen LogP contribution in [0.2, 0.25) is 0 Å². The van der Waals surface area contributed by atoms with E-state index in [1.807, 2.05) is 43.3 Å². The van der Waals surface area contributed by atoms with E-state index in [2.05, 4.69) is 10.6 Å². The van der Waals surface area contributed by atoms with Gasteiger partial charge in [-0.1, -0.05) is 31.7 Å². The molecule has 2 aromatic carbocycles. The van der Waals surface area contributed by atoms with Crippen molar-refractivity contribution in [2.24, 2.45) is 0 Å². The van der Waals surface area contributed by atoms with Crippen LogP contribution < -0.4 is 15.5 Å². The Hall–Kier alpha value is -2.82. The van der Waals surface area contributed by atoms with Gasteiger partial charge in [-0.15, -0.1) is 0 Å². The fraction of sp³-hybridized carbons (Fsp3) is 0.391. The number of carbonyl (C=O) groups excluding carboxylic acids is 2. The number of rotatable bonds is 5. The second-order valence-electron chi connectivity index (χ2n) is 7.64. The lowest BCUT2D eigenvalue weighted by molar-refractivity contribution is 0.0933. The SMILES string of the molecule is CN(C)c1ccc(NC(=O)c2cccc(C(=O)NC3CCCCCC3)c2)cc1. The molecule has 1 fully saturated rings. The molecule has 1 saturated carbocycles. The lowest BCUT2D eigenvalue weighted by Gasteiger charge is -2.16. The van der Waals surface area contributed by atoms with Crippen LogP contribution >= 0.6 is 0 Å². The molecule has 2 amide bonds. The van der Waals surface area contributed by atoms with Crippen LogP contribution in [0.3, 0.4) is 0 Å². The van der Waals surface area contributed by atoms with E-state index in [-0.39, 0.29) is 17.9 Å². The van der Waals surface area contributed by atoms with E-state index in [0.717, 1.165) is 24.2 Å². The molecular formula is C23H29N3O2. The number of nitrogens with zero attached hydrogens (tertiary/aromatic N) is 1. The molecule has 0 bridgehead atoms. The van der Waals surface area contributed by atoms with Gasteiger partial charge < -0.3 is 15.5 Å². The lowest BCUT2D eigenvalue weighted by atomic mass is 10.1. The minimum atomic E-state index is -0.221. The van der Waals surface area contributed by atoms with Gasteiger partial charge in [0.05, 0.1) is 0 Å². The van der Waals surface area contributed by atoms with Crippen molar-refractivity contribution in [2.45, 2.75) is 44.6 Å². The van der Waals surface area contributed by atoms with Crippen LogP contribution in [0.5, 0.6) is 0 Å². The molecule has 2 N–H and O–H groups in total. The smallest absolute Gasteiger partial charge is 0.255 e. The van der Waals surface area contributed by atoms with Crippen molar-refractivity contribution in [1.29, 1.82) is 0 Å². The summed E-state index contributed by atoms with van der Waals surface area (Å²) in [7, 11) is 3.94. The Morgan fingerprint density at radius 2 is 1.46 bits per heavy atom. The van der Waals surface area contributed by atoms with Crippen LogP contribution in [-0.2, 0) is 0 Å². The first kappa shape index (κ1) is 19.9. The summed E-state index contributed by atoms with van der Waals surface area (Å²) in [6.45, 7) is 0. The maximum Gasteiger partial charge on any atom is 0.255 e. The van der Waals surface area contributed by atoms with Gasteiger partial charge in [0, 0.05) is 42.6 Å². The van der Waals surface area contributed by atoms with Gasteiger partial charge in [0.15, 0.2) is 0 Å². The maximum absolute atomic E-state index is 12.6. The Morgan fingerprint density at radius 1 is 0.857 bits per heavy atom. The minimum absolute atomic E-state index is 0.100. The molecule has 5 nitrogen and oxygen atoms in total. The second-order valence-corrected chi connectivity index (χ2v) is 7.64. The average Bonchev–Trinajstić information content (AvgIpc) is 2.97. The molecule has 0 aliphatic heterocycles. The van der Waals surface area contributed by atoms with Gasteiger partial charge in [-0.3, -0.25) is 9.59 Å². The molecule has 3 rings (SSSR count). The third-order valence-electron chi connectivity index (χ3n) is 5.22. The van der Waals surface area contributed by atoms with Gasteiger partial charge >= 0.3 is 0 Å². The zero-order valence-electron chi connectivity index (χ0n) is 16.7. The predicted molar refractivity (Wildman–Crippen MR) is 114 cm³/mol. The van der Waals surface area contributed by atoms with E-state index < -0.39 is 0 Å². The topological polar surface area (TPSA) is 61.4 Å². The standard InChI is InChI=1S/C23H29N3O2/c1-26(2)21-14-12-20(13-15-21)25-23(28)18-9-7-8-17(16-18)22(27)24-19-10-5-3-4-6-11-19/h7-9,12-16,19H,3-6,10-11H2,1-2H3,(H,24,27)(H,25,28). The molecule has 2 aromatic rings. The maximum atomic E-state index is 12.6. The largest absolute Gasteiger partial charge is 0.378 e. The van der Waals surface area contributed by atoms with E-state index >= 15 is 0 Å². The highest BCUT2D eigenvalue weighted by Crippen LogP contribution is 2.19. The van der Waals surface area contributed by atoms with Crippen molar-refractivity contribution >= 4 is 23.2 Å². The highest BCUT2D eigenvalue weighted by molar-refractivity contribution is 6.06. The summed E-state index contributed by atoms with van der Waals surface area (Å²) in [5.41, 5.74) is 2.80. The van der Waals surface area contributed by atoms with Crippen LogP contribution in [0, 0.1) is 0 Å². The van der Waals surface area contributed by atoms with Crippen molar-refractivity contribution < 1.29 is 9.59 Å². The fourth-order valence-corrected chi connectivity index (χ4v) is 3.54. The molecule has 148 valence electrons. The Labute approximate surface area is 167 Å². The zero-order chi connectivity index (χ0) is 19.9. The molecule has 0 spiro atoms. The number of nitrogens with one attached hydrogen (secondary N) is 2. The average molecular weight is 380 g/mol. The molecule has 1 aliphatic carbocycles. The van der Waals surface area contributed by atoms with Gasteiger partial charge in [0.1, 0.15) is 0 Å². The molecule has 1 aliphatic rings. The van der Waals surface area contributed by atoms with Gasteiger partial charge in [0.2, 0.25) is 0 Å². The molecule has 0 atom stereocenters. The third-order valence-corrected chi connectivity index (χ3v) is 5.22. The van der Waals surface area contributed by atoms with E-state index in [1.165, 1.54) is 25.7 Å². The Kier molecular flexibility index (Phi) is 6.69. The van der Waals surface area contributed by atoms with Gasteiger partial charge in [-0.05, 0) is 55.3 Å². The van der Waals surface area contributed by atoms with Crippen LogP contribution in [0.1, 0.15) is 59.2 Å². The van der Waals surface area contributed by atoms with Crippen molar-refractivity contribution in [3.05, 3.63) is 59.7 Å². The summed E-state index contributed by atoms with van der Waals surface area (Å²) in [4.78, 5) is 27.2. The number of anilines is 2. The number of benzene rings is 2. The van der Waals surface area contributed by atoms with Crippen molar-refractivity contribution in [3.63, 3.8) is 0 Å². The van der Waals surface area contributed by atoms with Gasteiger partial charge in [0.25, 0.3) is 11.8 Å². The summed E-state index contributed by atoms with van der Waals surface area (Å²) in [5, 5.41) is 6.02. The molecule has 0 saturated heterocycles. The van der Waals surface area contributed by atoms with E-state index in [1.54, 1.807) is 24.3 Å². The van der Waals surface area contributed by atoms with Crippen molar-refractivity contribution in [1.82, 2.24) is 5.32 Å². The number of hydrogen-bond donors (Lipinski definition) is 2. The third kappa shape index (κ3) is 5.35. The molecule has 0 heterocycles. The van der Waals surface area contributed by atoms with E-state index in [4.69, 9.17) is 0 Å². The molecule has 0 unspecified atom stereocenters. The van der Waals surface area contributed by atoms with Gasteiger partial charge in [-0.2, -0.15) is 0 Å². The summed E-state index contributed by atoms with van der Waals surface area (Å²) in [6.07, 6.45) is 6.90. The zero-order valence-corrected chi connectivity index (χ0v) is 16.7. The number of amides is 2. The van der Waals surface area contributed by atoms with Crippen LogP contribution in [0.25, 0.3) is 0 Å². The Bertz CT molecular complexity index is 807. The number of hydrogen-bond acceptors (Lipinski definition) is 3. The summed E-state index contributed by atoms with van der Waals surface area (Å²) in [5.74, 6) is -0.321. The van der Waals surface area contributed by atoms with E-state index in [9.17, 15) is 9.59 Å². The second kappa shape index (κ2) is 9.40. The highest BCUT2D eigenvalue weighted by atomic mass is 16.2. The summed E-state index contributed by atoms with van der Waals surface area (Å²) >= 11 is 0. The predicted octanol–water partition coefficient (Wildman–Crippen LogP) is 4.46. The quantitative estimate of drug-likeness (QED) is 0.754. The molecular weight excluding hydrogens is 350 g/mol. The normalized spacial score (nSPS) is 14.8. The Balaban J connectivity index is 1.64. The van der Waals surface area contributed by atoms with Crippen LogP contribution in [0.4, 0.5) is 11.4 Å². The van der Waals surface area contributed by atoms with Gasteiger partial charge in [-0.25, -0.2) is 0 Å². The molecule has 0 aromatic heterocycles. The monoisotopic (exact) mass is 379 g/mol. The first-order valence-corrected chi connectivity index (χ1v) is 10.0. The lowest BCUT2D eigenvalue weighted by Crippen LogP contribution is -2.34. The number of carbonyl (C=O) groups is 2. The van der Waals surface area contributed by atoms with Crippen molar-refractivity contribution in [3.8, 4) is 0 Å². The Morgan fingerprint density at radius 3 is 2.07 bits per heavy atom. The van der Waals surface area contributed by atoms with Crippen LogP contribution in [0.15, 0.2) is 48.5 Å². The fourth-order valence-electron chi connectivity index (χ4n) is 3.54. The molecule has 28 heavy (non-hydrogen) atoms. The molecule has 0 radical (unpaired) electrons. The first-order chi connectivity index (χ1) is 13.5. The highest BCUT2D eigenvalue weighted by Gasteiger charge is 2.17. The van der Waals surface area contributed by atoms with Crippen molar-refractivity contribution in [2.75, 3.05) is 24.3 Å².